The average molecular weight is 457 g/mol. The summed E-state index contributed by atoms with van der Waals surface area (Å²) in [6.45, 7) is -0.0212. The van der Waals surface area contributed by atoms with Gasteiger partial charge in [-0.1, -0.05) is 60.7 Å². The van der Waals surface area contributed by atoms with E-state index < -0.39 is 17.2 Å². The summed E-state index contributed by atoms with van der Waals surface area (Å²) in [6, 6.07) is 21.5. The zero-order valence-electron chi connectivity index (χ0n) is 17.6. The van der Waals surface area contributed by atoms with Crippen LogP contribution in [0.2, 0.25) is 0 Å². The summed E-state index contributed by atoms with van der Waals surface area (Å²) in [4.78, 5) is 19.1. The fraction of sp³-hybridized carbons (Fsp3) is 0.0400. The highest BCUT2D eigenvalue weighted by Gasteiger charge is 2.13. The van der Waals surface area contributed by atoms with Gasteiger partial charge < -0.3 is 4.74 Å². The summed E-state index contributed by atoms with van der Waals surface area (Å²) in [5.74, 6) is -2.19. The van der Waals surface area contributed by atoms with Crippen molar-refractivity contribution in [2.75, 3.05) is 5.43 Å². The number of anilines is 1. The molecule has 0 atom stereocenters. The van der Waals surface area contributed by atoms with E-state index in [9.17, 15) is 18.8 Å². The molecule has 0 radical (unpaired) electrons. The topological polar surface area (TPSA) is 103 Å². The second kappa shape index (κ2) is 10.2. The Bertz CT molecular complexity index is 1450. The Morgan fingerprint density at radius 1 is 1.06 bits per heavy atom. The van der Waals surface area contributed by atoms with Crippen molar-refractivity contribution < 1.29 is 13.5 Å². The lowest BCUT2D eigenvalue weighted by Crippen LogP contribution is -2.16. The number of benzene rings is 3. The zero-order chi connectivity index (χ0) is 23.9. The Balaban J connectivity index is 1.53. The van der Waals surface area contributed by atoms with E-state index in [2.05, 4.69) is 20.5 Å². The van der Waals surface area contributed by atoms with Crippen LogP contribution in [0.5, 0.6) is 5.75 Å². The standard InChI is InChI=1S/C25H17F2N5O2/c26-20-11-6-12-21(22(20)27)34-15-18-10-5-4-9-17(18)14-29-32-25-30-23(16-7-2-1-3-8-16)19(13-28)24(33)31-25/h1-12,14H,15H2,(H2,30,31,32,33). The van der Waals surface area contributed by atoms with Gasteiger partial charge in [0.1, 0.15) is 18.2 Å². The minimum absolute atomic E-state index is 0.0212. The lowest BCUT2D eigenvalue weighted by Gasteiger charge is -2.10. The third-order valence-electron chi connectivity index (χ3n) is 4.81. The summed E-state index contributed by atoms with van der Waals surface area (Å²) < 4.78 is 32.7. The molecule has 1 heterocycles. The number of rotatable bonds is 7. The van der Waals surface area contributed by atoms with Crippen LogP contribution in [0.3, 0.4) is 0 Å². The first-order chi connectivity index (χ1) is 16.6. The van der Waals surface area contributed by atoms with Gasteiger partial charge in [-0.15, -0.1) is 0 Å². The molecule has 0 aliphatic carbocycles. The van der Waals surface area contributed by atoms with Crippen LogP contribution in [0.25, 0.3) is 11.3 Å². The smallest absolute Gasteiger partial charge is 0.270 e. The molecule has 34 heavy (non-hydrogen) atoms. The first-order valence-corrected chi connectivity index (χ1v) is 10.1. The van der Waals surface area contributed by atoms with E-state index >= 15 is 0 Å². The molecule has 0 saturated carbocycles. The fourth-order valence-electron chi connectivity index (χ4n) is 3.14. The zero-order valence-corrected chi connectivity index (χ0v) is 17.6. The monoisotopic (exact) mass is 457 g/mol. The van der Waals surface area contributed by atoms with Crippen LogP contribution < -0.4 is 15.7 Å². The molecule has 4 aromatic rings. The van der Waals surface area contributed by atoms with E-state index in [1.54, 1.807) is 48.5 Å². The van der Waals surface area contributed by atoms with E-state index in [1.807, 2.05) is 12.1 Å². The number of hydrogen-bond donors (Lipinski definition) is 2. The Hall–Kier alpha value is -4.84. The summed E-state index contributed by atoms with van der Waals surface area (Å²) in [7, 11) is 0. The molecule has 0 unspecified atom stereocenters. The predicted octanol–water partition coefficient (Wildman–Crippen LogP) is 4.61. The van der Waals surface area contributed by atoms with Gasteiger partial charge in [0.15, 0.2) is 11.6 Å². The number of ether oxygens (including phenoxy) is 1. The first-order valence-electron chi connectivity index (χ1n) is 10.1. The molecule has 1 aromatic heterocycles. The number of halogens is 2. The molecule has 2 N–H and O–H groups in total. The molecule has 0 amide bonds. The second-order valence-corrected chi connectivity index (χ2v) is 7.03. The van der Waals surface area contributed by atoms with Crippen LogP contribution in [0.4, 0.5) is 14.7 Å². The second-order valence-electron chi connectivity index (χ2n) is 7.03. The Kier molecular flexibility index (Phi) is 6.70. The number of nitrogens with one attached hydrogen (secondary N) is 2. The van der Waals surface area contributed by atoms with Crippen molar-refractivity contribution in [3.63, 3.8) is 0 Å². The van der Waals surface area contributed by atoms with E-state index in [1.165, 1.54) is 18.3 Å². The summed E-state index contributed by atoms with van der Waals surface area (Å²) in [6.07, 6.45) is 1.47. The molecule has 3 aromatic carbocycles. The number of nitrogens with zero attached hydrogens (tertiary/aromatic N) is 3. The van der Waals surface area contributed by atoms with Crippen molar-refractivity contribution in [2.24, 2.45) is 5.10 Å². The van der Waals surface area contributed by atoms with Crippen LogP contribution in [0.15, 0.2) is 82.7 Å². The molecule has 0 bridgehead atoms. The van der Waals surface area contributed by atoms with Gasteiger partial charge in [-0.2, -0.15) is 14.8 Å². The van der Waals surface area contributed by atoms with Crippen LogP contribution in [0.1, 0.15) is 16.7 Å². The first kappa shape index (κ1) is 22.4. The van der Waals surface area contributed by atoms with Gasteiger partial charge in [0.05, 0.1) is 11.9 Å². The van der Waals surface area contributed by atoms with E-state index in [0.717, 1.165) is 6.07 Å². The maximum atomic E-state index is 13.8. The molecule has 0 fully saturated rings. The quantitative estimate of drug-likeness (QED) is 0.312. The van der Waals surface area contributed by atoms with E-state index in [4.69, 9.17) is 4.74 Å². The van der Waals surface area contributed by atoms with Gasteiger partial charge in [0.2, 0.25) is 11.8 Å². The molecule has 0 saturated heterocycles. The maximum absolute atomic E-state index is 13.8. The third-order valence-corrected chi connectivity index (χ3v) is 4.81. The number of hydrogen-bond acceptors (Lipinski definition) is 6. The van der Waals surface area contributed by atoms with Crippen molar-refractivity contribution in [3.8, 4) is 23.1 Å². The lowest BCUT2D eigenvalue weighted by molar-refractivity contribution is 0.284. The number of H-pyrrole nitrogens is 1. The minimum atomic E-state index is -1.06. The van der Waals surface area contributed by atoms with Crippen molar-refractivity contribution >= 4 is 12.2 Å². The van der Waals surface area contributed by atoms with Gasteiger partial charge in [-0.25, -0.2) is 14.8 Å². The molecule has 0 aliphatic heterocycles. The highest BCUT2D eigenvalue weighted by Crippen LogP contribution is 2.21. The van der Waals surface area contributed by atoms with E-state index in [0.29, 0.717) is 16.7 Å². The molecular formula is C25H17F2N5O2. The van der Waals surface area contributed by atoms with E-state index in [-0.39, 0.29) is 29.6 Å². The number of aromatic nitrogens is 2. The van der Waals surface area contributed by atoms with Crippen molar-refractivity contribution in [1.82, 2.24) is 9.97 Å². The minimum Gasteiger partial charge on any atom is -0.486 e. The fourth-order valence-corrected chi connectivity index (χ4v) is 3.14. The third kappa shape index (κ3) is 4.97. The van der Waals surface area contributed by atoms with Gasteiger partial charge in [0.25, 0.3) is 5.56 Å². The number of nitriles is 1. The van der Waals surface area contributed by atoms with Gasteiger partial charge in [0, 0.05) is 11.1 Å². The molecule has 0 aliphatic rings. The molecule has 0 spiro atoms. The van der Waals surface area contributed by atoms with Gasteiger partial charge in [-0.05, 0) is 17.7 Å². The van der Waals surface area contributed by atoms with Gasteiger partial charge >= 0.3 is 0 Å². The highest BCUT2D eigenvalue weighted by atomic mass is 19.2. The molecular weight excluding hydrogens is 440 g/mol. The Labute approximate surface area is 193 Å². The summed E-state index contributed by atoms with van der Waals surface area (Å²) in [5, 5.41) is 13.5. The Morgan fingerprint density at radius 3 is 2.62 bits per heavy atom. The molecule has 168 valence electrons. The normalized spacial score (nSPS) is 10.7. The SMILES string of the molecule is N#Cc1c(-c2ccccc2)nc(NN=Cc2ccccc2COc2cccc(F)c2F)[nH]c1=O. The molecule has 4 rings (SSSR count). The van der Waals surface area contributed by atoms with Gasteiger partial charge in [-0.3, -0.25) is 9.78 Å². The lowest BCUT2D eigenvalue weighted by atomic mass is 10.1. The van der Waals surface area contributed by atoms with Crippen LogP contribution in [0, 0.1) is 23.0 Å². The average Bonchev–Trinajstić information content (AvgIpc) is 2.86. The van der Waals surface area contributed by atoms with Crippen LogP contribution in [-0.2, 0) is 6.61 Å². The summed E-state index contributed by atoms with van der Waals surface area (Å²) in [5.41, 5.74) is 4.12. The van der Waals surface area contributed by atoms with Crippen LogP contribution in [-0.4, -0.2) is 16.2 Å². The van der Waals surface area contributed by atoms with Crippen molar-refractivity contribution in [2.45, 2.75) is 6.61 Å². The van der Waals surface area contributed by atoms with Crippen LogP contribution >= 0.6 is 0 Å². The summed E-state index contributed by atoms with van der Waals surface area (Å²) >= 11 is 0. The van der Waals surface area contributed by atoms with Crippen molar-refractivity contribution in [3.05, 3.63) is 111 Å². The predicted molar refractivity (Wildman–Crippen MR) is 123 cm³/mol. The molecule has 9 heteroatoms. The number of aromatic amines is 1. The highest BCUT2D eigenvalue weighted by molar-refractivity contribution is 5.82. The Morgan fingerprint density at radius 2 is 1.82 bits per heavy atom. The largest absolute Gasteiger partial charge is 0.486 e. The molecule has 7 nitrogen and oxygen atoms in total. The number of hydrazone groups is 1. The maximum Gasteiger partial charge on any atom is 0.270 e. The van der Waals surface area contributed by atoms with Crippen molar-refractivity contribution in [1.29, 1.82) is 5.26 Å².